The van der Waals surface area contributed by atoms with E-state index in [0.717, 1.165) is 4.47 Å². The van der Waals surface area contributed by atoms with Gasteiger partial charge in [0.1, 0.15) is 0 Å². The highest BCUT2D eigenvalue weighted by atomic mass is 79.9. The second-order valence-corrected chi connectivity index (χ2v) is 5.75. The van der Waals surface area contributed by atoms with E-state index >= 15 is 0 Å². The molecule has 5 heteroatoms. The maximum atomic E-state index is 11.4. The number of anilines is 1. The van der Waals surface area contributed by atoms with Crippen molar-refractivity contribution in [1.29, 1.82) is 0 Å². The van der Waals surface area contributed by atoms with Crippen LogP contribution >= 0.6 is 15.9 Å². The van der Waals surface area contributed by atoms with Crippen LogP contribution in [0.4, 0.5) is 5.69 Å². The quantitative estimate of drug-likeness (QED) is 0.829. The molecule has 0 aliphatic rings. The topological polar surface area (TPSA) is 60.2 Å². The lowest BCUT2D eigenvalue weighted by Crippen LogP contribution is -2.06. The number of hydrogen-bond donors (Lipinski definition) is 1. The van der Waals surface area contributed by atoms with Gasteiger partial charge < -0.3 is 5.73 Å². The maximum absolute atomic E-state index is 11.4. The predicted octanol–water partition coefficient (Wildman–Crippen LogP) is 1.82. The third kappa shape index (κ3) is 2.22. The molecule has 0 fully saturated rings. The van der Waals surface area contributed by atoms with Crippen LogP contribution in [0.2, 0.25) is 0 Å². The number of nitrogen functional groups attached to an aromatic ring is 1. The Morgan fingerprint density at radius 2 is 2.08 bits per heavy atom. The van der Waals surface area contributed by atoms with Gasteiger partial charge in [-0.3, -0.25) is 0 Å². The van der Waals surface area contributed by atoms with E-state index in [1.54, 1.807) is 19.1 Å². The van der Waals surface area contributed by atoms with E-state index in [0.29, 0.717) is 0 Å². The van der Waals surface area contributed by atoms with Crippen molar-refractivity contribution >= 4 is 31.5 Å². The van der Waals surface area contributed by atoms with Crippen molar-refractivity contribution < 1.29 is 8.42 Å². The summed E-state index contributed by atoms with van der Waals surface area (Å²) < 4.78 is 23.7. The summed E-state index contributed by atoms with van der Waals surface area (Å²) in [4.78, 5) is 0.207. The molecule has 0 aliphatic heterocycles. The molecule has 13 heavy (non-hydrogen) atoms. The minimum Gasteiger partial charge on any atom is -0.398 e. The average molecular weight is 264 g/mol. The molecule has 0 aliphatic carbocycles. The van der Waals surface area contributed by atoms with Crippen molar-refractivity contribution in [2.45, 2.75) is 11.8 Å². The van der Waals surface area contributed by atoms with E-state index < -0.39 is 9.84 Å². The molecule has 72 valence electrons. The summed E-state index contributed by atoms with van der Waals surface area (Å²) in [5, 5.41) is 0. The highest BCUT2D eigenvalue weighted by Gasteiger charge is 2.14. The van der Waals surface area contributed by atoms with Crippen LogP contribution in [0.3, 0.4) is 0 Å². The number of sulfone groups is 1. The Bertz CT molecular complexity index is 414. The normalized spacial score (nSPS) is 11.5. The summed E-state index contributed by atoms with van der Waals surface area (Å²) in [6, 6.07) is 4.76. The molecule has 1 aromatic carbocycles. The third-order valence-corrected chi connectivity index (χ3v) is 3.98. The molecule has 3 nitrogen and oxygen atoms in total. The first-order valence-corrected chi connectivity index (χ1v) is 6.19. The molecule has 1 aromatic rings. The van der Waals surface area contributed by atoms with Gasteiger partial charge in [-0.2, -0.15) is 0 Å². The second kappa shape index (κ2) is 3.67. The Morgan fingerprint density at radius 3 is 2.54 bits per heavy atom. The zero-order valence-electron chi connectivity index (χ0n) is 7.12. The summed E-state index contributed by atoms with van der Waals surface area (Å²) in [5.74, 6) is 0.0683. The number of hydrogen-bond acceptors (Lipinski definition) is 3. The first-order chi connectivity index (χ1) is 5.97. The van der Waals surface area contributed by atoms with Gasteiger partial charge in [-0.1, -0.05) is 22.9 Å². The van der Waals surface area contributed by atoms with E-state index in [4.69, 9.17) is 5.73 Å². The van der Waals surface area contributed by atoms with Crippen LogP contribution in [0.1, 0.15) is 6.92 Å². The van der Waals surface area contributed by atoms with Crippen LogP contribution in [0.25, 0.3) is 0 Å². The Balaban J connectivity index is 3.33. The molecular weight excluding hydrogens is 254 g/mol. The van der Waals surface area contributed by atoms with Gasteiger partial charge in [0.15, 0.2) is 9.84 Å². The van der Waals surface area contributed by atoms with E-state index in [9.17, 15) is 8.42 Å². The lowest BCUT2D eigenvalue weighted by Gasteiger charge is -2.04. The van der Waals surface area contributed by atoms with Gasteiger partial charge in [0.05, 0.1) is 16.3 Å². The van der Waals surface area contributed by atoms with Crippen LogP contribution in [-0.4, -0.2) is 14.2 Å². The minimum absolute atomic E-state index is 0.0683. The Labute approximate surface area is 86.0 Å². The first kappa shape index (κ1) is 10.5. The molecule has 2 N–H and O–H groups in total. The fourth-order valence-corrected chi connectivity index (χ4v) is 2.34. The molecule has 0 spiro atoms. The van der Waals surface area contributed by atoms with Gasteiger partial charge in [0, 0.05) is 4.47 Å². The molecule has 0 saturated carbocycles. The van der Waals surface area contributed by atoms with Crippen molar-refractivity contribution in [3.05, 3.63) is 22.7 Å². The lowest BCUT2D eigenvalue weighted by atomic mass is 10.3. The zero-order valence-corrected chi connectivity index (χ0v) is 9.52. The monoisotopic (exact) mass is 263 g/mol. The Morgan fingerprint density at radius 1 is 1.46 bits per heavy atom. The van der Waals surface area contributed by atoms with Gasteiger partial charge in [0.25, 0.3) is 0 Å². The number of benzene rings is 1. The standard InChI is InChI=1S/C8H10BrNO2S/c1-2-13(11,12)8-4-3-6(9)5-7(8)10/h3-5H,2,10H2,1H3. The molecule has 0 heterocycles. The predicted molar refractivity (Wildman–Crippen MR) is 56.3 cm³/mol. The van der Waals surface area contributed by atoms with Gasteiger partial charge in [-0.05, 0) is 18.2 Å². The van der Waals surface area contributed by atoms with Gasteiger partial charge in [-0.15, -0.1) is 0 Å². The maximum Gasteiger partial charge on any atom is 0.180 e. The van der Waals surface area contributed by atoms with Crippen LogP contribution in [0.5, 0.6) is 0 Å². The molecule has 0 saturated heterocycles. The molecule has 0 atom stereocenters. The fraction of sp³-hybridized carbons (Fsp3) is 0.250. The van der Waals surface area contributed by atoms with Crippen molar-refractivity contribution in [2.75, 3.05) is 11.5 Å². The highest BCUT2D eigenvalue weighted by molar-refractivity contribution is 9.10. The number of halogens is 1. The van der Waals surface area contributed by atoms with Crippen molar-refractivity contribution in [3.63, 3.8) is 0 Å². The van der Waals surface area contributed by atoms with Crippen LogP contribution in [0, 0.1) is 0 Å². The molecule has 0 bridgehead atoms. The van der Waals surface area contributed by atoms with Gasteiger partial charge >= 0.3 is 0 Å². The van der Waals surface area contributed by atoms with E-state index in [-0.39, 0.29) is 16.3 Å². The summed E-state index contributed by atoms with van der Waals surface area (Å²) in [6.07, 6.45) is 0. The Kier molecular flexibility index (Phi) is 2.98. The molecule has 0 amide bonds. The van der Waals surface area contributed by atoms with E-state index in [2.05, 4.69) is 15.9 Å². The van der Waals surface area contributed by atoms with Crippen molar-refractivity contribution in [1.82, 2.24) is 0 Å². The second-order valence-electron chi connectivity index (χ2n) is 2.59. The SMILES string of the molecule is CCS(=O)(=O)c1ccc(Br)cc1N. The van der Waals surface area contributed by atoms with Crippen molar-refractivity contribution in [3.8, 4) is 0 Å². The molecule has 1 rings (SSSR count). The third-order valence-electron chi connectivity index (χ3n) is 1.69. The lowest BCUT2D eigenvalue weighted by molar-refractivity contribution is 0.597. The molecule has 0 radical (unpaired) electrons. The van der Waals surface area contributed by atoms with E-state index in [1.807, 2.05) is 0 Å². The smallest absolute Gasteiger partial charge is 0.180 e. The highest BCUT2D eigenvalue weighted by Crippen LogP contribution is 2.23. The summed E-state index contributed by atoms with van der Waals surface area (Å²) in [5.41, 5.74) is 5.86. The van der Waals surface area contributed by atoms with Crippen LogP contribution in [-0.2, 0) is 9.84 Å². The Hall–Kier alpha value is -0.550. The fourth-order valence-electron chi connectivity index (χ4n) is 0.958. The van der Waals surface area contributed by atoms with E-state index in [1.165, 1.54) is 6.07 Å². The molecule has 0 unspecified atom stereocenters. The van der Waals surface area contributed by atoms with Crippen molar-refractivity contribution in [2.24, 2.45) is 0 Å². The number of rotatable bonds is 2. The average Bonchev–Trinajstić information content (AvgIpc) is 2.03. The summed E-state index contributed by atoms with van der Waals surface area (Å²) in [7, 11) is -3.19. The van der Waals surface area contributed by atoms with Gasteiger partial charge in [0.2, 0.25) is 0 Å². The summed E-state index contributed by atoms with van der Waals surface area (Å²) >= 11 is 3.21. The van der Waals surface area contributed by atoms with Gasteiger partial charge in [-0.25, -0.2) is 8.42 Å². The number of nitrogens with two attached hydrogens (primary N) is 1. The zero-order chi connectivity index (χ0) is 10.1. The summed E-state index contributed by atoms with van der Waals surface area (Å²) in [6.45, 7) is 1.59. The first-order valence-electron chi connectivity index (χ1n) is 3.75. The van der Waals surface area contributed by atoms with Crippen LogP contribution in [0.15, 0.2) is 27.6 Å². The minimum atomic E-state index is -3.19. The largest absolute Gasteiger partial charge is 0.398 e. The molecular formula is C8H10BrNO2S. The molecule has 0 aromatic heterocycles. The van der Waals surface area contributed by atoms with Crippen LogP contribution < -0.4 is 5.73 Å².